The molecule has 0 aliphatic rings. The second kappa shape index (κ2) is 11.0. The minimum Gasteiger partial charge on any atom is -0.493 e. The number of hydrogen-bond donors (Lipinski definition) is 0. The van der Waals surface area contributed by atoms with Gasteiger partial charge in [-0.1, -0.05) is 66.7 Å². The minimum absolute atomic E-state index is 0.0287. The fourth-order valence-corrected chi connectivity index (χ4v) is 3.59. The van der Waals surface area contributed by atoms with Gasteiger partial charge in [-0.2, -0.15) is 0 Å². The summed E-state index contributed by atoms with van der Waals surface area (Å²) in [6, 6.07) is 29.2. The number of rotatable bonds is 10. The minimum atomic E-state index is 0.0287. The summed E-state index contributed by atoms with van der Waals surface area (Å²) < 4.78 is 17.0. The molecular weight excluding hydrogens is 414 g/mol. The topological polar surface area (TPSA) is 51.9 Å². The number of furan rings is 1. The quantitative estimate of drug-likeness (QED) is 0.320. The molecule has 5 nitrogen and oxygen atoms in total. The van der Waals surface area contributed by atoms with Gasteiger partial charge in [0, 0.05) is 6.54 Å². The fourth-order valence-electron chi connectivity index (χ4n) is 3.59. The lowest BCUT2D eigenvalue weighted by Gasteiger charge is -2.23. The Morgan fingerprint density at radius 2 is 1.52 bits per heavy atom. The van der Waals surface area contributed by atoms with Gasteiger partial charge in [-0.3, -0.25) is 4.79 Å². The van der Waals surface area contributed by atoms with Crippen LogP contribution in [0.15, 0.2) is 102 Å². The van der Waals surface area contributed by atoms with E-state index in [1.54, 1.807) is 18.3 Å². The molecule has 0 saturated carbocycles. The molecule has 0 aliphatic carbocycles. The average molecular weight is 442 g/mol. The van der Waals surface area contributed by atoms with Gasteiger partial charge < -0.3 is 18.8 Å². The van der Waals surface area contributed by atoms with Gasteiger partial charge in [-0.15, -0.1) is 0 Å². The third-order valence-corrected chi connectivity index (χ3v) is 5.32. The monoisotopic (exact) mass is 441 g/mol. The van der Waals surface area contributed by atoms with Gasteiger partial charge in [0.1, 0.15) is 12.4 Å². The molecule has 0 saturated heterocycles. The number of carbonyl (C=O) groups excluding carboxylic acids is 1. The molecule has 0 unspecified atom stereocenters. The molecule has 33 heavy (non-hydrogen) atoms. The number of carbonyl (C=O) groups is 1. The Hall–Kier alpha value is -3.99. The van der Waals surface area contributed by atoms with Crippen molar-refractivity contribution in [1.82, 2.24) is 4.90 Å². The summed E-state index contributed by atoms with van der Waals surface area (Å²) in [6.45, 7) is 1.28. The molecule has 0 N–H and O–H groups in total. The van der Waals surface area contributed by atoms with Gasteiger partial charge in [0.05, 0.1) is 26.3 Å². The van der Waals surface area contributed by atoms with Gasteiger partial charge in [-0.25, -0.2) is 0 Å². The van der Waals surface area contributed by atoms with Crippen molar-refractivity contribution in [1.29, 1.82) is 0 Å². The lowest BCUT2D eigenvalue weighted by Crippen LogP contribution is -2.31. The van der Waals surface area contributed by atoms with Crippen molar-refractivity contribution >= 4 is 5.91 Å². The van der Waals surface area contributed by atoms with E-state index < -0.39 is 0 Å². The number of nitrogens with zero attached hydrogens (tertiary/aromatic N) is 1. The lowest BCUT2D eigenvalue weighted by atomic mass is 10.1. The molecular formula is C28H27NO4. The maximum atomic E-state index is 13.2. The van der Waals surface area contributed by atoms with Gasteiger partial charge in [-0.05, 0) is 41.0 Å². The van der Waals surface area contributed by atoms with Gasteiger partial charge in [0.25, 0.3) is 0 Å². The highest BCUT2D eigenvalue weighted by Crippen LogP contribution is 2.29. The van der Waals surface area contributed by atoms with E-state index in [9.17, 15) is 4.79 Å². The molecule has 0 radical (unpaired) electrons. The van der Waals surface area contributed by atoms with Crippen LogP contribution >= 0.6 is 0 Å². The zero-order valence-corrected chi connectivity index (χ0v) is 18.6. The highest BCUT2D eigenvalue weighted by Gasteiger charge is 2.18. The average Bonchev–Trinajstić information content (AvgIpc) is 3.37. The Morgan fingerprint density at radius 1 is 0.788 bits per heavy atom. The molecule has 0 aliphatic heterocycles. The van der Waals surface area contributed by atoms with Crippen molar-refractivity contribution in [2.45, 2.75) is 26.1 Å². The molecule has 4 rings (SSSR count). The molecule has 0 fully saturated rings. The third-order valence-electron chi connectivity index (χ3n) is 5.32. The van der Waals surface area contributed by atoms with Crippen LogP contribution in [0.5, 0.6) is 11.5 Å². The number of benzene rings is 3. The molecule has 0 spiro atoms. The maximum absolute atomic E-state index is 13.2. The van der Waals surface area contributed by atoms with Gasteiger partial charge in [0.15, 0.2) is 11.5 Å². The third kappa shape index (κ3) is 6.26. The Bertz CT molecular complexity index is 1140. The van der Waals surface area contributed by atoms with Crippen LogP contribution in [0, 0.1) is 0 Å². The second-order valence-corrected chi connectivity index (χ2v) is 7.75. The standard InChI is InChI=1S/C28H27NO4/c1-31-27-17-24(14-15-26(27)33-21-23-11-6-3-7-12-23)19-29(20-25-13-8-16-32-25)28(30)18-22-9-4-2-5-10-22/h2-17H,18-21H2,1H3. The summed E-state index contributed by atoms with van der Waals surface area (Å²) in [5, 5.41) is 0. The van der Waals surface area contributed by atoms with Crippen LogP contribution in [-0.4, -0.2) is 17.9 Å². The predicted octanol–water partition coefficient (Wildman–Crippen LogP) is 5.64. The van der Waals surface area contributed by atoms with Crippen LogP contribution in [0.25, 0.3) is 0 Å². The molecule has 5 heteroatoms. The van der Waals surface area contributed by atoms with Crippen LogP contribution in [0.3, 0.4) is 0 Å². The van der Waals surface area contributed by atoms with Crippen molar-refractivity contribution in [3.8, 4) is 11.5 Å². The van der Waals surface area contributed by atoms with Gasteiger partial charge in [0.2, 0.25) is 5.91 Å². The summed E-state index contributed by atoms with van der Waals surface area (Å²) in [4.78, 5) is 14.9. The Balaban J connectivity index is 1.49. The van der Waals surface area contributed by atoms with Crippen molar-refractivity contribution in [2.24, 2.45) is 0 Å². The van der Waals surface area contributed by atoms with Crippen LogP contribution in [0.4, 0.5) is 0 Å². The van der Waals surface area contributed by atoms with Crippen LogP contribution in [0.2, 0.25) is 0 Å². The van der Waals surface area contributed by atoms with Crippen molar-refractivity contribution in [3.63, 3.8) is 0 Å². The maximum Gasteiger partial charge on any atom is 0.227 e. The molecule has 4 aromatic rings. The fraction of sp³-hybridized carbons (Fsp3) is 0.179. The van der Waals surface area contributed by atoms with Crippen LogP contribution in [0.1, 0.15) is 22.5 Å². The highest BCUT2D eigenvalue weighted by molar-refractivity contribution is 5.78. The van der Waals surface area contributed by atoms with E-state index in [0.29, 0.717) is 37.6 Å². The Morgan fingerprint density at radius 3 is 2.18 bits per heavy atom. The van der Waals surface area contributed by atoms with Crippen molar-refractivity contribution < 1.29 is 18.7 Å². The first-order valence-corrected chi connectivity index (χ1v) is 10.9. The molecule has 3 aromatic carbocycles. The number of ether oxygens (including phenoxy) is 2. The smallest absolute Gasteiger partial charge is 0.227 e. The first kappa shape index (κ1) is 22.2. The predicted molar refractivity (Wildman–Crippen MR) is 127 cm³/mol. The molecule has 1 heterocycles. The SMILES string of the molecule is COc1cc(CN(Cc2ccco2)C(=O)Cc2ccccc2)ccc1OCc1ccccc1. The van der Waals surface area contributed by atoms with E-state index in [-0.39, 0.29) is 5.91 Å². The van der Waals surface area contributed by atoms with E-state index >= 15 is 0 Å². The summed E-state index contributed by atoms with van der Waals surface area (Å²) >= 11 is 0. The largest absolute Gasteiger partial charge is 0.493 e. The normalized spacial score (nSPS) is 10.6. The summed E-state index contributed by atoms with van der Waals surface area (Å²) in [7, 11) is 1.62. The van der Waals surface area contributed by atoms with Crippen LogP contribution < -0.4 is 9.47 Å². The van der Waals surface area contributed by atoms with Gasteiger partial charge >= 0.3 is 0 Å². The van der Waals surface area contributed by atoms with E-state index in [1.807, 2.05) is 91.0 Å². The van der Waals surface area contributed by atoms with Crippen molar-refractivity contribution in [2.75, 3.05) is 7.11 Å². The van der Waals surface area contributed by atoms with E-state index in [1.165, 1.54) is 0 Å². The summed E-state index contributed by atoms with van der Waals surface area (Å²) in [5.41, 5.74) is 3.01. The number of methoxy groups -OCH3 is 1. The molecule has 0 bridgehead atoms. The zero-order valence-electron chi connectivity index (χ0n) is 18.6. The molecule has 1 amide bonds. The van der Waals surface area contributed by atoms with Crippen LogP contribution in [-0.2, 0) is 30.9 Å². The number of amides is 1. The number of hydrogen-bond acceptors (Lipinski definition) is 4. The molecule has 1 aromatic heterocycles. The first-order chi connectivity index (χ1) is 16.2. The summed E-state index contributed by atoms with van der Waals surface area (Å²) in [6.07, 6.45) is 1.95. The van der Waals surface area contributed by atoms with E-state index in [0.717, 1.165) is 22.5 Å². The Labute approximate surface area is 194 Å². The molecule has 168 valence electrons. The lowest BCUT2D eigenvalue weighted by molar-refractivity contribution is -0.132. The summed E-state index contributed by atoms with van der Waals surface area (Å²) in [5.74, 6) is 2.07. The van der Waals surface area contributed by atoms with E-state index in [4.69, 9.17) is 13.9 Å². The highest BCUT2D eigenvalue weighted by atomic mass is 16.5. The second-order valence-electron chi connectivity index (χ2n) is 7.75. The Kier molecular flexibility index (Phi) is 7.44. The molecule has 0 atom stereocenters. The van der Waals surface area contributed by atoms with Crippen molar-refractivity contribution in [3.05, 3.63) is 120 Å². The zero-order chi connectivity index (χ0) is 22.9. The van der Waals surface area contributed by atoms with E-state index in [2.05, 4.69) is 0 Å². The first-order valence-electron chi connectivity index (χ1n) is 10.9.